The van der Waals surface area contributed by atoms with Crippen LogP contribution < -0.4 is 0 Å². The van der Waals surface area contributed by atoms with E-state index in [0.717, 1.165) is 57.6 Å². The molecule has 2 saturated heterocycles. The van der Waals surface area contributed by atoms with E-state index in [0.29, 0.717) is 6.54 Å². The number of pyridine rings is 1. The van der Waals surface area contributed by atoms with Crippen molar-refractivity contribution in [3.05, 3.63) is 30.1 Å². The van der Waals surface area contributed by atoms with Crippen molar-refractivity contribution < 1.29 is 9.59 Å². The standard InChI is InChI=1S/C19H26N4O2/c1-21(13-15-6-2-3-8-20-15)17(24)16-12-19(16)7-11-23(14-19)18(25)22-9-4-5-10-22/h2-3,6,8,16H,4-5,7,9-14H2,1H3/t16-,19-/m0/s1. The zero-order chi connectivity index (χ0) is 17.4. The molecule has 1 aliphatic carbocycles. The van der Waals surface area contributed by atoms with E-state index in [2.05, 4.69) is 4.98 Å². The number of carbonyl (C=O) groups excluding carboxylic acids is 2. The second kappa shape index (κ2) is 6.32. The summed E-state index contributed by atoms with van der Waals surface area (Å²) in [5.74, 6) is 0.263. The lowest BCUT2D eigenvalue weighted by molar-refractivity contribution is -0.132. The fourth-order valence-electron chi connectivity index (χ4n) is 4.39. The zero-order valence-electron chi connectivity index (χ0n) is 14.9. The van der Waals surface area contributed by atoms with E-state index in [9.17, 15) is 9.59 Å². The van der Waals surface area contributed by atoms with Crippen LogP contribution in [0.1, 0.15) is 31.4 Å². The number of urea groups is 1. The van der Waals surface area contributed by atoms with Gasteiger partial charge in [-0.1, -0.05) is 6.07 Å². The number of carbonyl (C=O) groups is 2. The van der Waals surface area contributed by atoms with Gasteiger partial charge in [-0.25, -0.2) is 4.79 Å². The number of hydrogen-bond donors (Lipinski definition) is 0. The van der Waals surface area contributed by atoms with Crippen molar-refractivity contribution >= 4 is 11.9 Å². The third kappa shape index (κ3) is 3.10. The molecule has 0 aromatic carbocycles. The summed E-state index contributed by atoms with van der Waals surface area (Å²) in [4.78, 5) is 35.4. The molecule has 2 atom stereocenters. The molecule has 134 valence electrons. The van der Waals surface area contributed by atoms with Crippen molar-refractivity contribution in [3.63, 3.8) is 0 Å². The van der Waals surface area contributed by atoms with Gasteiger partial charge in [-0.2, -0.15) is 0 Å². The largest absolute Gasteiger partial charge is 0.340 e. The Bertz CT molecular complexity index is 659. The topological polar surface area (TPSA) is 56.8 Å². The fraction of sp³-hybridized carbons (Fsp3) is 0.632. The second-order valence-corrected chi connectivity index (χ2v) is 7.78. The Morgan fingerprint density at radius 2 is 2.04 bits per heavy atom. The van der Waals surface area contributed by atoms with Gasteiger partial charge >= 0.3 is 6.03 Å². The highest BCUT2D eigenvalue weighted by molar-refractivity contribution is 5.83. The zero-order valence-corrected chi connectivity index (χ0v) is 14.9. The summed E-state index contributed by atoms with van der Waals surface area (Å²) >= 11 is 0. The smallest absolute Gasteiger partial charge is 0.320 e. The van der Waals surface area contributed by atoms with Gasteiger partial charge in [0, 0.05) is 50.8 Å². The first kappa shape index (κ1) is 16.4. The van der Waals surface area contributed by atoms with Crippen LogP contribution in [0.15, 0.2) is 24.4 Å². The molecule has 25 heavy (non-hydrogen) atoms. The number of nitrogens with zero attached hydrogens (tertiary/aromatic N) is 4. The number of rotatable bonds is 3. The van der Waals surface area contributed by atoms with Crippen LogP contribution in [-0.4, -0.2) is 64.8 Å². The van der Waals surface area contributed by atoms with Crippen molar-refractivity contribution in [3.8, 4) is 0 Å². The molecule has 1 aromatic rings. The van der Waals surface area contributed by atoms with Gasteiger partial charge < -0.3 is 14.7 Å². The molecule has 1 aromatic heterocycles. The molecule has 0 N–H and O–H groups in total. The number of amides is 3. The fourth-order valence-corrected chi connectivity index (χ4v) is 4.39. The van der Waals surface area contributed by atoms with Gasteiger partial charge in [0.25, 0.3) is 0 Å². The Labute approximate surface area is 148 Å². The number of hydrogen-bond acceptors (Lipinski definition) is 3. The Balaban J connectivity index is 1.33. The van der Waals surface area contributed by atoms with E-state index in [-0.39, 0.29) is 23.3 Å². The van der Waals surface area contributed by atoms with Crippen LogP contribution in [0.2, 0.25) is 0 Å². The molecule has 3 heterocycles. The van der Waals surface area contributed by atoms with Crippen molar-refractivity contribution in [2.45, 2.75) is 32.2 Å². The molecule has 1 spiro atoms. The maximum absolute atomic E-state index is 12.8. The molecule has 2 aliphatic heterocycles. The Kier molecular flexibility index (Phi) is 4.13. The summed E-state index contributed by atoms with van der Waals surface area (Å²) in [6.07, 6.45) is 5.86. The molecule has 0 radical (unpaired) electrons. The van der Waals surface area contributed by atoms with Crippen LogP contribution >= 0.6 is 0 Å². The van der Waals surface area contributed by atoms with Crippen molar-refractivity contribution in [2.75, 3.05) is 33.2 Å². The molecule has 3 amide bonds. The molecule has 3 aliphatic rings. The molecular weight excluding hydrogens is 316 g/mol. The quantitative estimate of drug-likeness (QED) is 0.844. The second-order valence-electron chi connectivity index (χ2n) is 7.78. The highest BCUT2D eigenvalue weighted by Crippen LogP contribution is 2.59. The predicted molar refractivity (Wildman–Crippen MR) is 93.6 cm³/mol. The summed E-state index contributed by atoms with van der Waals surface area (Å²) in [5.41, 5.74) is 0.940. The number of aromatic nitrogens is 1. The Hall–Kier alpha value is -2.11. The highest BCUT2D eigenvalue weighted by Gasteiger charge is 2.62. The molecule has 0 unspecified atom stereocenters. The molecule has 4 rings (SSSR count). The van der Waals surface area contributed by atoms with E-state index >= 15 is 0 Å². The van der Waals surface area contributed by atoms with Crippen LogP contribution in [0.25, 0.3) is 0 Å². The lowest BCUT2D eigenvalue weighted by Gasteiger charge is -2.24. The van der Waals surface area contributed by atoms with Gasteiger partial charge in [0.05, 0.1) is 12.2 Å². The van der Waals surface area contributed by atoms with Crippen LogP contribution in [0.4, 0.5) is 4.79 Å². The third-order valence-electron chi connectivity index (χ3n) is 6.02. The third-order valence-corrected chi connectivity index (χ3v) is 6.02. The predicted octanol–water partition coefficient (Wildman–Crippen LogP) is 1.97. The molecular formula is C19H26N4O2. The van der Waals surface area contributed by atoms with Gasteiger partial charge in [-0.15, -0.1) is 0 Å². The Morgan fingerprint density at radius 1 is 1.24 bits per heavy atom. The Morgan fingerprint density at radius 3 is 2.76 bits per heavy atom. The molecule has 3 fully saturated rings. The van der Waals surface area contributed by atoms with Crippen molar-refractivity contribution in [1.82, 2.24) is 19.7 Å². The number of likely N-dealkylation sites (tertiary alicyclic amines) is 2. The molecule has 0 bridgehead atoms. The van der Waals surface area contributed by atoms with Gasteiger partial charge in [-0.05, 0) is 37.8 Å². The SMILES string of the molecule is CN(Cc1ccccn1)C(=O)[C@@H]1C[C@]12CCN(C(=O)N1CCCC1)C2. The summed E-state index contributed by atoms with van der Waals surface area (Å²) in [6, 6.07) is 5.94. The van der Waals surface area contributed by atoms with Crippen molar-refractivity contribution in [1.29, 1.82) is 0 Å². The summed E-state index contributed by atoms with van der Waals surface area (Å²) < 4.78 is 0. The van der Waals surface area contributed by atoms with Crippen molar-refractivity contribution in [2.24, 2.45) is 11.3 Å². The maximum Gasteiger partial charge on any atom is 0.320 e. The average molecular weight is 342 g/mol. The van der Waals surface area contributed by atoms with Gasteiger partial charge in [0.1, 0.15) is 0 Å². The first-order valence-electron chi connectivity index (χ1n) is 9.28. The van der Waals surface area contributed by atoms with E-state index < -0.39 is 0 Å². The van der Waals surface area contributed by atoms with E-state index in [4.69, 9.17) is 0 Å². The van der Waals surface area contributed by atoms with Crippen LogP contribution in [-0.2, 0) is 11.3 Å². The van der Waals surface area contributed by atoms with Crippen LogP contribution in [0.5, 0.6) is 0 Å². The van der Waals surface area contributed by atoms with Gasteiger partial charge in [0.15, 0.2) is 0 Å². The van der Waals surface area contributed by atoms with Gasteiger partial charge in [0.2, 0.25) is 5.91 Å². The highest BCUT2D eigenvalue weighted by atomic mass is 16.2. The van der Waals surface area contributed by atoms with E-state index in [1.54, 1.807) is 11.1 Å². The van der Waals surface area contributed by atoms with Crippen LogP contribution in [0.3, 0.4) is 0 Å². The maximum atomic E-state index is 12.8. The minimum atomic E-state index is 0.0326. The first-order chi connectivity index (χ1) is 12.1. The average Bonchev–Trinajstić information content (AvgIpc) is 2.97. The lowest BCUT2D eigenvalue weighted by Crippen LogP contribution is -2.40. The minimum Gasteiger partial charge on any atom is -0.340 e. The van der Waals surface area contributed by atoms with Gasteiger partial charge in [-0.3, -0.25) is 9.78 Å². The van der Waals surface area contributed by atoms with Crippen LogP contribution in [0, 0.1) is 11.3 Å². The monoisotopic (exact) mass is 342 g/mol. The normalized spacial score (nSPS) is 27.8. The minimum absolute atomic E-state index is 0.0326. The summed E-state index contributed by atoms with van der Waals surface area (Å²) in [6.45, 7) is 3.86. The first-order valence-corrected chi connectivity index (χ1v) is 9.28. The summed E-state index contributed by atoms with van der Waals surface area (Å²) in [5, 5.41) is 0. The van der Waals surface area contributed by atoms with E-state index in [1.165, 1.54) is 0 Å². The molecule has 6 nitrogen and oxygen atoms in total. The summed E-state index contributed by atoms with van der Waals surface area (Å²) in [7, 11) is 1.85. The van der Waals surface area contributed by atoms with E-state index in [1.807, 2.05) is 35.0 Å². The molecule has 1 saturated carbocycles. The lowest BCUT2D eigenvalue weighted by atomic mass is 10.0. The molecule has 6 heteroatoms.